The zero-order valence-electron chi connectivity index (χ0n) is 12.9. The minimum atomic E-state index is -0.135. The fourth-order valence-electron chi connectivity index (χ4n) is 2.63. The predicted molar refractivity (Wildman–Crippen MR) is 91.3 cm³/mol. The van der Waals surface area contributed by atoms with Crippen LogP contribution in [-0.4, -0.2) is 33.5 Å². The highest BCUT2D eigenvalue weighted by Crippen LogP contribution is 2.35. The number of carbonyl (C=O) groups is 1. The lowest BCUT2D eigenvalue weighted by atomic mass is 10.1. The summed E-state index contributed by atoms with van der Waals surface area (Å²) in [6.07, 6.45) is 4.85. The molecular weight excluding hydrogens is 324 g/mol. The van der Waals surface area contributed by atoms with Crippen LogP contribution in [0.4, 0.5) is 5.69 Å². The lowest BCUT2D eigenvalue weighted by Gasteiger charge is -2.34. The SMILES string of the molecule is CC1COc2ccccc2N1C(=O)c1csc(-c2cnccn2)n1. The molecular formula is C17H14N4O2S. The van der Waals surface area contributed by atoms with Gasteiger partial charge >= 0.3 is 0 Å². The van der Waals surface area contributed by atoms with Crippen molar-refractivity contribution in [3.8, 4) is 16.5 Å². The summed E-state index contributed by atoms with van der Waals surface area (Å²) in [5.41, 5.74) is 1.84. The number of benzene rings is 1. The summed E-state index contributed by atoms with van der Waals surface area (Å²) in [4.78, 5) is 27.5. The molecule has 1 amide bonds. The third kappa shape index (κ3) is 2.52. The number of para-hydroxylation sites is 2. The Morgan fingerprint density at radius 3 is 3.04 bits per heavy atom. The number of hydrogen-bond donors (Lipinski definition) is 0. The van der Waals surface area contributed by atoms with Crippen LogP contribution in [0.3, 0.4) is 0 Å². The summed E-state index contributed by atoms with van der Waals surface area (Å²) in [6, 6.07) is 7.49. The molecule has 0 radical (unpaired) electrons. The standard InChI is InChI=1S/C17H14N4O2S/c1-11-9-23-15-5-3-2-4-14(15)21(11)17(22)13-10-24-16(20-13)12-8-18-6-7-19-12/h2-8,10-11H,9H2,1H3. The average Bonchev–Trinajstić information content (AvgIpc) is 3.12. The smallest absolute Gasteiger partial charge is 0.278 e. The highest BCUT2D eigenvalue weighted by atomic mass is 32.1. The molecule has 4 rings (SSSR count). The first-order valence-electron chi connectivity index (χ1n) is 7.51. The number of rotatable bonds is 2. The highest BCUT2D eigenvalue weighted by molar-refractivity contribution is 7.13. The maximum Gasteiger partial charge on any atom is 0.278 e. The van der Waals surface area contributed by atoms with E-state index in [1.54, 1.807) is 28.9 Å². The van der Waals surface area contributed by atoms with E-state index in [1.807, 2.05) is 31.2 Å². The van der Waals surface area contributed by atoms with Crippen LogP contribution in [0.15, 0.2) is 48.2 Å². The van der Waals surface area contributed by atoms with Gasteiger partial charge in [0.05, 0.1) is 17.9 Å². The van der Waals surface area contributed by atoms with E-state index in [9.17, 15) is 4.79 Å². The van der Waals surface area contributed by atoms with Gasteiger partial charge in [0, 0.05) is 17.8 Å². The first-order valence-corrected chi connectivity index (χ1v) is 8.39. The molecule has 1 aliphatic rings. The number of amides is 1. The molecule has 1 unspecified atom stereocenters. The van der Waals surface area contributed by atoms with Gasteiger partial charge in [0.1, 0.15) is 28.8 Å². The van der Waals surface area contributed by atoms with Gasteiger partial charge in [-0.1, -0.05) is 12.1 Å². The molecule has 0 fully saturated rings. The lowest BCUT2D eigenvalue weighted by molar-refractivity contribution is 0.0957. The van der Waals surface area contributed by atoms with Crippen molar-refractivity contribution in [1.82, 2.24) is 15.0 Å². The molecule has 2 aromatic heterocycles. The average molecular weight is 338 g/mol. The van der Waals surface area contributed by atoms with Crippen LogP contribution in [0, 0.1) is 0 Å². The van der Waals surface area contributed by atoms with E-state index in [-0.39, 0.29) is 11.9 Å². The van der Waals surface area contributed by atoms with E-state index in [2.05, 4.69) is 15.0 Å². The molecule has 1 aliphatic heterocycles. The topological polar surface area (TPSA) is 68.2 Å². The van der Waals surface area contributed by atoms with E-state index in [0.717, 1.165) is 5.69 Å². The summed E-state index contributed by atoms with van der Waals surface area (Å²) in [6.45, 7) is 2.42. The number of hydrogen-bond acceptors (Lipinski definition) is 6. The van der Waals surface area contributed by atoms with Gasteiger partial charge in [-0.2, -0.15) is 0 Å². The number of ether oxygens (including phenoxy) is 1. The molecule has 0 bridgehead atoms. The molecule has 0 saturated carbocycles. The predicted octanol–water partition coefficient (Wildman–Crippen LogP) is 3.03. The number of carbonyl (C=O) groups excluding carboxylic acids is 1. The quantitative estimate of drug-likeness (QED) is 0.718. The maximum atomic E-state index is 13.0. The number of fused-ring (bicyclic) bond motifs is 1. The normalized spacial score (nSPS) is 16.4. The van der Waals surface area contributed by atoms with E-state index >= 15 is 0 Å². The summed E-state index contributed by atoms with van der Waals surface area (Å²) in [5.74, 6) is 0.581. The van der Waals surface area contributed by atoms with Crippen LogP contribution >= 0.6 is 11.3 Å². The van der Waals surface area contributed by atoms with E-state index in [4.69, 9.17) is 4.74 Å². The van der Waals surface area contributed by atoms with Crippen LogP contribution in [0.5, 0.6) is 5.75 Å². The van der Waals surface area contributed by atoms with Gasteiger partial charge in [-0.3, -0.25) is 19.7 Å². The number of aromatic nitrogens is 3. The monoisotopic (exact) mass is 338 g/mol. The highest BCUT2D eigenvalue weighted by Gasteiger charge is 2.31. The van der Waals surface area contributed by atoms with E-state index in [0.29, 0.717) is 28.8 Å². The fraction of sp³-hybridized carbons (Fsp3) is 0.176. The van der Waals surface area contributed by atoms with E-state index < -0.39 is 0 Å². The number of thiazole rings is 1. The Bertz CT molecular complexity index is 881. The maximum absolute atomic E-state index is 13.0. The zero-order valence-corrected chi connectivity index (χ0v) is 13.7. The molecule has 6 nitrogen and oxygen atoms in total. The van der Waals surface area contributed by atoms with Crippen LogP contribution < -0.4 is 9.64 Å². The molecule has 24 heavy (non-hydrogen) atoms. The van der Waals surface area contributed by atoms with Crippen LogP contribution in [0.2, 0.25) is 0 Å². The second-order valence-electron chi connectivity index (χ2n) is 5.43. The molecule has 0 saturated heterocycles. The second kappa shape index (κ2) is 6.01. The van der Waals surface area contributed by atoms with Gasteiger partial charge in [0.15, 0.2) is 0 Å². The summed E-state index contributed by atoms with van der Waals surface area (Å²) < 4.78 is 5.70. The van der Waals surface area contributed by atoms with Gasteiger partial charge in [-0.05, 0) is 19.1 Å². The van der Waals surface area contributed by atoms with Crippen molar-refractivity contribution in [2.24, 2.45) is 0 Å². The molecule has 120 valence electrons. The number of nitrogens with zero attached hydrogens (tertiary/aromatic N) is 4. The Morgan fingerprint density at radius 2 is 2.21 bits per heavy atom. The summed E-state index contributed by atoms with van der Waals surface area (Å²) in [5, 5.41) is 2.44. The molecule has 3 heterocycles. The fourth-order valence-corrected chi connectivity index (χ4v) is 3.39. The van der Waals surface area contributed by atoms with Gasteiger partial charge in [-0.15, -0.1) is 11.3 Å². The summed E-state index contributed by atoms with van der Waals surface area (Å²) in [7, 11) is 0. The van der Waals surface area contributed by atoms with Crippen molar-refractivity contribution in [3.05, 3.63) is 53.9 Å². The third-order valence-corrected chi connectivity index (χ3v) is 4.63. The molecule has 0 N–H and O–H groups in total. The Morgan fingerprint density at radius 1 is 1.33 bits per heavy atom. The Labute approximate surface area is 142 Å². The minimum Gasteiger partial charge on any atom is -0.489 e. The first kappa shape index (κ1) is 14.8. The van der Waals surface area contributed by atoms with Crippen LogP contribution in [0.25, 0.3) is 10.7 Å². The van der Waals surface area contributed by atoms with Gasteiger partial charge in [-0.25, -0.2) is 4.98 Å². The summed E-state index contributed by atoms with van der Waals surface area (Å²) >= 11 is 1.39. The van der Waals surface area contributed by atoms with Crippen LogP contribution in [0.1, 0.15) is 17.4 Å². The first-order chi connectivity index (χ1) is 11.7. The van der Waals surface area contributed by atoms with E-state index in [1.165, 1.54) is 11.3 Å². The second-order valence-corrected chi connectivity index (χ2v) is 6.29. The van der Waals surface area contributed by atoms with Gasteiger partial charge in [0.2, 0.25) is 0 Å². The van der Waals surface area contributed by atoms with Crippen molar-refractivity contribution in [2.45, 2.75) is 13.0 Å². The molecule has 1 aromatic carbocycles. The largest absolute Gasteiger partial charge is 0.489 e. The van der Waals surface area contributed by atoms with Crippen molar-refractivity contribution in [2.75, 3.05) is 11.5 Å². The van der Waals surface area contributed by atoms with Gasteiger partial charge in [0.25, 0.3) is 5.91 Å². The Hall–Kier alpha value is -2.80. The van der Waals surface area contributed by atoms with Crippen molar-refractivity contribution in [3.63, 3.8) is 0 Å². The third-order valence-electron chi connectivity index (χ3n) is 3.77. The molecule has 3 aromatic rings. The van der Waals surface area contributed by atoms with Crippen molar-refractivity contribution < 1.29 is 9.53 Å². The lowest BCUT2D eigenvalue weighted by Crippen LogP contribution is -2.45. The number of anilines is 1. The van der Waals surface area contributed by atoms with Crippen LogP contribution in [-0.2, 0) is 0 Å². The minimum absolute atomic E-state index is 0.0610. The molecule has 1 atom stereocenters. The molecule has 0 aliphatic carbocycles. The molecule has 7 heteroatoms. The Balaban J connectivity index is 1.68. The van der Waals surface area contributed by atoms with Crippen molar-refractivity contribution >= 4 is 22.9 Å². The van der Waals surface area contributed by atoms with Gasteiger partial charge < -0.3 is 4.74 Å². The Kier molecular flexibility index (Phi) is 3.70. The molecule has 0 spiro atoms. The zero-order chi connectivity index (χ0) is 16.5. The van der Waals surface area contributed by atoms with Crippen molar-refractivity contribution in [1.29, 1.82) is 0 Å².